The fourth-order valence-electron chi connectivity index (χ4n) is 1.05. The van der Waals surface area contributed by atoms with Gasteiger partial charge in [-0.05, 0) is 18.2 Å². The third-order valence-corrected chi connectivity index (χ3v) is 1.70. The van der Waals surface area contributed by atoms with Crippen LogP contribution >= 0.6 is 0 Å². The van der Waals surface area contributed by atoms with E-state index < -0.39 is 5.97 Å². The van der Waals surface area contributed by atoms with Gasteiger partial charge in [-0.15, -0.1) is 0 Å². The van der Waals surface area contributed by atoms with Crippen molar-refractivity contribution < 1.29 is 14.3 Å². The van der Waals surface area contributed by atoms with Gasteiger partial charge in [-0.2, -0.15) is 5.26 Å². The maximum atomic E-state index is 11.3. The fourth-order valence-corrected chi connectivity index (χ4v) is 1.05. The molecule has 1 aromatic carbocycles. The summed E-state index contributed by atoms with van der Waals surface area (Å²) in [7, 11) is 1.26. The van der Waals surface area contributed by atoms with E-state index in [0.29, 0.717) is 5.69 Å². The summed E-state index contributed by atoms with van der Waals surface area (Å²) in [6.07, 6.45) is 0. The summed E-state index contributed by atoms with van der Waals surface area (Å²) < 4.78 is 9.60. The number of carbonyl (C=O) groups is 1. The molecule has 0 atom stereocenters. The van der Waals surface area contributed by atoms with E-state index in [1.807, 2.05) is 6.07 Å². The van der Waals surface area contributed by atoms with Crippen LogP contribution < -0.4 is 10.5 Å². The van der Waals surface area contributed by atoms with Gasteiger partial charge in [0.05, 0.1) is 7.11 Å². The van der Waals surface area contributed by atoms with Crippen molar-refractivity contribution in [1.29, 1.82) is 5.26 Å². The fraction of sp³-hybridized carbons (Fsp3) is 0.200. The number of ether oxygens (including phenoxy) is 2. The highest BCUT2D eigenvalue weighted by Crippen LogP contribution is 2.22. The van der Waals surface area contributed by atoms with Gasteiger partial charge in [-0.1, -0.05) is 0 Å². The molecule has 0 saturated carbocycles. The molecule has 5 heteroatoms. The van der Waals surface area contributed by atoms with Crippen molar-refractivity contribution in [3.05, 3.63) is 23.8 Å². The summed E-state index contributed by atoms with van der Waals surface area (Å²) in [6, 6.07) is 6.36. The minimum Gasteiger partial charge on any atom is -0.478 e. The molecule has 78 valence electrons. The molecule has 0 spiro atoms. The Morgan fingerprint density at radius 2 is 2.33 bits per heavy atom. The number of nitrogen functional groups attached to an aromatic ring is 1. The Kier molecular flexibility index (Phi) is 3.52. The van der Waals surface area contributed by atoms with Gasteiger partial charge in [0.2, 0.25) is 0 Å². The quantitative estimate of drug-likeness (QED) is 0.588. The molecule has 1 rings (SSSR count). The first-order valence-electron chi connectivity index (χ1n) is 4.16. The third kappa shape index (κ3) is 2.61. The van der Waals surface area contributed by atoms with E-state index in [2.05, 4.69) is 4.74 Å². The molecule has 0 bridgehead atoms. The Morgan fingerprint density at radius 3 is 2.93 bits per heavy atom. The molecule has 0 saturated heterocycles. The summed E-state index contributed by atoms with van der Waals surface area (Å²) in [6.45, 7) is -0.131. The summed E-state index contributed by atoms with van der Waals surface area (Å²) >= 11 is 0. The lowest BCUT2D eigenvalue weighted by molar-refractivity contribution is 0.0596. The average molecular weight is 206 g/mol. The second-order valence-corrected chi connectivity index (χ2v) is 2.69. The average Bonchev–Trinajstić information content (AvgIpc) is 2.26. The van der Waals surface area contributed by atoms with Crippen molar-refractivity contribution in [2.45, 2.75) is 0 Å². The van der Waals surface area contributed by atoms with Crippen LogP contribution in [0.25, 0.3) is 0 Å². The molecule has 0 unspecified atom stereocenters. The van der Waals surface area contributed by atoms with Crippen LogP contribution in [0.15, 0.2) is 18.2 Å². The molecule has 15 heavy (non-hydrogen) atoms. The number of nitrogens with zero attached hydrogens (tertiary/aromatic N) is 1. The highest BCUT2D eigenvalue weighted by molar-refractivity contribution is 5.93. The smallest absolute Gasteiger partial charge is 0.341 e. The van der Waals surface area contributed by atoms with Crippen LogP contribution in [0, 0.1) is 11.3 Å². The second-order valence-electron chi connectivity index (χ2n) is 2.69. The summed E-state index contributed by atoms with van der Waals surface area (Å²) in [4.78, 5) is 11.3. The zero-order valence-corrected chi connectivity index (χ0v) is 8.19. The lowest BCUT2D eigenvalue weighted by Crippen LogP contribution is -2.06. The molecule has 0 amide bonds. The van der Waals surface area contributed by atoms with Crippen LogP contribution in [-0.2, 0) is 4.74 Å². The highest BCUT2D eigenvalue weighted by atomic mass is 16.5. The zero-order valence-electron chi connectivity index (χ0n) is 8.19. The van der Waals surface area contributed by atoms with Crippen LogP contribution in [0.3, 0.4) is 0 Å². The minimum atomic E-state index is -0.546. The lowest BCUT2D eigenvalue weighted by Gasteiger charge is -2.07. The van der Waals surface area contributed by atoms with Crippen LogP contribution in [0.1, 0.15) is 10.4 Å². The SMILES string of the molecule is COC(=O)c1cc(N)ccc1OCC#N. The van der Waals surface area contributed by atoms with E-state index in [1.54, 1.807) is 6.07 Å². The van der Waals surface area contributed by atoms with E-state index in [4.69, 9.17) is 15.7 Å². The number of methoxy groups -OCH3 is 1. The van der Waals surface area contributed by atoms with Crippen molar-refractivity contribution in [2.75, 3.05) is 19.5 Å². The molecule has 0 heterocycles. The normalized spacial score (nSPS) is 9.07. The molecule has 0 aromatic heterocycles. The number of benzene rings is 1. The van der Waals surface area contributed by atoms with E-state index in [1.165, 1.54) is 19.2 Å². The monoisotopic (exact) mass is 206 g/mol. The number of nitriles is 1. The van der Waals surface area contributed by atoms with Gasteiger partial charge in [0, 0.05) is 5.69 Å². The predicted molar refractivity (Wildman–Crippen MR) is 53.3 cm³/mol. The Balaban J connectivity index is 3.04. The van der Waals surface area contributed by atoms with Gasteiger partial charge in [0.25, 0.3) is 0 Å². The van der Waals surface area contributed by atoms with E-state index in [0.717, 1.165) is 0 Å². The number of esters is 1. The van der Waals surface area contributed by atoms with Crippen molar-refractivity contribution in [3.8, 4) is 11.8 Å². The van der Waals surface area contributed by atoms with Crippen molar-refractivity contribution in [2.24, 2.45) is 0 Å². The van der Waals surface area contributed by atoms with Gasteiger partial charge in [-0.3, -0.25) is 0 Å². The molecule has 2 N–H and O–H groups in total. The molecule has 0 radical (unpaired) electrons. The minimum absolute atomic E-state index is 0.131. The molecule has 1 aromatic rings. The molecular weight excluding hydrogens is 196 g/mol. The second kappa shape index (κ2) is 4.86. The molecule has 0 fully saturated rings. The third-order valence-electron chi connectivity index (χ3n) is 1.70. The maximum absolute atomic E-state index is 11.3. The first kappa shape index (κ1) is 10.9. The van der Waals surface area contributed by atoms with Crippen molar-refractivity contribution >= 4 is 11.7 Å². The Bertz CT molecular complexity index is 410. The lowest BCUT2D eigenvalue weighted by atomic mass is 10.2. The largest absolute Gasteiger partial charge is 0.478 e. The van der Waals surface area contributed by atoms with E-state index in [-0.39, 0.29) is 17.9 Å². The number of carbonyl (C=O) groups excluding carboxylic acids is 1. The van der Waals surface area contributed by atoms with E-state index in [9.17, 15) is 4.79 Å². The molecule has 0 aliphatic rings. The summed E-state index contributed by atoms with van der Waals surface area (Å²) in [5.41, 5.74) is 6.17. The molecule has 0 aliphatic heterocycles. The van der Waals surface area contributed by atoms with E-state index >= 15 is 0 Å². The Morgan fingerprint density at radius 1 is 1.60 bits per heavy atom. The highest BCUT2D eigenvalue weighted by Gasteiger charge is 2.13. The van der Waals surface area contributed by atoms with Gasteiger partial charge < -0.3 is 15.2 Å². The topological polar surface area (TPSA) is 85.3 Å². The van der Waals surface area contributed by atoms with Crippen LogP contribution in [0.2, 0.25) is 0 Å². The molecule has 0 aliphatic carbocycles. The van der Waals surface area contributed by atoms with Gasteiger partial charge in [0.15, 0.2) is 6.61 Å². The zero-order chi connectivity index (χ0) is 11.3. The number of anilines is 1. The number of nitrogens with two attached hydrogens (primary N) is 1. The van der Waals surface area contributed by atoms with Crippen LogP contribution in [0.4, 0.5) is 5.69 Å². The first-order valence-corrected chi connectivity index (χ1v) is 4.16. The molecular formula is C10H10N2O3. The van der Waals surface area contributed by atoms with Gasteiger partial charge >= 0.3 is 5.97 Å². The number of rotatable bonds is 3. The summed E-state index contributed by atoms with van der Waals surface area (Å²) in [5.74, 6) is -0.257. The van der Waals surface area contributed by atoms with Crippen molar-refractivity contribution in [3.63, 3.8) is 0 Å². The van der Waals surface area contributed by atoms with Gasteiger partial charge in [-0.25, -0.2) is 4.79 Å². The number of hydrogen-bond donors (Lipinski definition) is 1. The number of hydrogen-bond acceptors (Lipinski definition) is 5. The molecule has 5 nitrogen and oxygen atoms in total. The van der Waals surface area contributed by atoms with Gasteiger partial charge in [0.1, 0.15) is 17.4 Å². The maximum Gasteiger partial charge on any atom is 0.341 e. The Labute approximate surface area is 87.0 Å². The predicted octanol–water partition coefficient (Wildman–Crippen LogP) is 0.958. The standard InChI is InChI=1S/C10H10N2O3/c1-14-10(13)8-6-7(12)2-3-9(8)15-5-4-11/h2-3,6H,5,12H2,1H3. The van der Waals surface area contributed by atoms with Crippen LogP contribution in [-0.4, -0.2) is 19.7 Å². The summed E-state index contributed by atoms with van der Waals surface area (Å²) in [5, 5.41) is 8.35. The Hall–Kier alpha value is -2.22. The van der Waals surface area contributed by atoms with Crippen LogP contribution in [0.5, 0.6) is 5.75 Å². The first-order chi connectivity index (χ1) is 7.19. The van der Waals surface area contributed by atoms with Crippen molar-refractivity contribution in [1.82, 2.24) is 0 Å².